The fraction of sp³-hybridized carbons (Fsp3) is 0.478. The third kappa shape index (κ3) is 4.43. The lowest BCUT2D eigenvalue weighted by atomic mass is 9.90. The number of nitrogens with one attached hydrogen (secondary N) is 1. The zero-order chi connectivity index (χ0) is 20.2. The summed E-state index contributed by atoms with van der Waals surface area (Å²) in [4.78, 5) is 15.0. The third-order valence-corrected chi connectivity index (χ3v) is 5.86. The second-order valence-electron chi connectivity index (χ2n) is 7.96. The molecule has 1 aliphatic heterocycles. The SMILES string of the molecule is C=CCn1nc(C(=O)N2CCOCC2)c2c1CC[C@@H](NCc1ccc(C)cc1)C2. The van der Waals surface area contributed by atoms with Gasteiger partial charge in [0.05, 0.1) is 19.8 Å². The largest absolute Gasteiger partial charge is 0.378 e. The summed E-state index contributed by atoms with van der Waals surface area (Å²) in [6, 6.07) is 8.99. The van der Waals surface area contributed by atoms with Crippen molar-refractivity contribution in [2.45, 2.75) is 45.3 Å². The first-order valence-corrected chi connectivity index (χ1v) is 10.5. The van der Waals surface area contributed by atoms with E-state index in [4.69, 9.17) is 9.84 Å². The van der Waals surface area contributed by atoms with Crippen LogP contribution in [-0.2, 0) is 30.7 Å². The topological polar surface area (TPSA) is 59.4 Å². The maximum atomic E-state index is 13.2. The molecule has 1 aromatic heterocycles. The average Bonchev–Trinajstić information content (AvgIpc) is 3.11. The molecule has 4 rings (SSSR count). The minimum absolute atomic E-state index is 0.0338. The van der Waals surface area contributed by atoms with E-state index < -0.39 is 0 Å². The highest BCUT2D eigenvalue weighted by atomic mass is 16.5. The van der Waals surface area contributed by atoms with Gasteiger partial charge in [-0.15, -0.1) is 6.58 Å². The Balaban J connectivity index is 1.51. The van der Waals surface area contributed by atoms with E-state index in [0.717, 1.165) is 31.4 Å². The van der Waals surface area contributed by atoms with Gasteiger partial charge < -0.3 is 15.0 Å². The van der Waals surface area contributed by atoms with Crippen molar-refractivity contribution in [2.24, 2.45) is 0 Å². The van der Waals surface area contributed by atoms with E-state index in [0.29, 0.717) is 44.6 Å². The monoisotopic (exact) mass is 394 g/mol. The second-order valence-corrected chi connectivity index (χ2v) is 7.96. The zero-order valence-electron chi connectivity index (χ0n) is 17.2. The number of ether oxygens (including phenoxy) is 1. The van der Waals surface area contributed by atoms with Crippen LogP contribution in [0.4, 0.5) is 0 Å². The third-order valence-electron chi connectivity index (χ3n) is 5.86. The van der Waals surface area contributed by atoms with E-state index in [1.165, 1.54) is 16.8 Å². The summed E-state index contributed by atoms with van der Waals surface area (Å²) in [5.41, 5.74) is 5.47. The lowest BCUT2D eigenvalue weighted by Crippen LogP contribution is -2.41. The Morgan fingerprint density at radius 2 is 2.07 bits per heavy atom. The molecular formula is C23H30N4O2. The van der Waals surface area contributed by atoms with E-state index in [1.54, 1.807) is 0 Å². The Hall–Kier alpha value is -2.44. The van der Waals surface area contributed by atoms with Crippen molar-refractivity contribution in [1.82, 2.24) is 20.0 Å². The van der Waals surface area contributed by atoms with Gasteiger partial charge in [0, 0.05) is 36.9 Å². The molecule has 1 saturated heterocycles. The zero-order valence-corrected chi connectivity index (χ0v) is 17.2. The Morgan fingerprint density at radius 1 is 1.31 bits per heavy atom. The fourth-order valence-corrected chi connectivity index (χ4v) is 4.19. The molecule has 2 heterocycles. The number of hydrogen-bond donors (Lipinski definition) is 1. The van der Waals surface area contributed by atoms with E-state index in [1.807, 2.05) is 15.7 Å². The van der Waals surface area contributed by atoms with Crippen molar-refractivity contribution in [3.05, 3.63) is 65.0 Å². The molecule has 154 valence electrons. The quantitative estimate of drug-likeness (QED) is 0.765. The van der Waals surface area contributed by atoms with Crippen LogP contribution in [0.2, 0.25) is 0 Å². The summed E-state index contributed by atoms with van der Waals surface area (Å²) in [7, 11) is 0. The van der Waals surface area contributed by atoms with Crippen molar-refractivity contribution < 1.29 is 9.53 Å². The summed E-state index contributed by atoms with van der Waals surface area (Å²) < 4.78 is 7.36. The normalized spacial score (nSPS) is 19.1. The van der Waals surface area contributed by atoms with Gasteiger partial charge >= 0.3 is 0 Å². The second kappa shape index (κ2) is 8.93. The average molecular weight is 395 g/mol. The van der Waals surface area contributed by atoms with E-state index in [-0.39, 0.29) is 5.91 Å². The fourth-order valence-electron chi connectivity index (χ4n) is 4.19. The molecule has 0 spiro atoms. The number of nitrogens with zero attached hydrogens (tertiary/aromatic N) is 3. The van der Waals surface area contributed by atoms with Gasteiger partial charge in [-0.2, -0.15) is 5.10 Å². The lowest BCUT2D eigenvalue weighted by Gasteiger charge is -2.28. The standard InChI is InChI=1S/C23H30N4O2/c1-3-10-27-21-9-8-19(24-16-18-6-4-17(2)5-7-18)15-20(21)22(25-27)23(28)26-11-13-29-14-12-26/h3-7,19,24H,1,8-16H2,2H3/t19-/m1/s1. The minimum Gasteiger partial charge on any atom is -0.378 e. The molecule has 6 nitrogen and oxygen atoms in total. The Labute approximate surface area is 172 Å². The number of carbonyl (C=O) groups excluding carboxylic acids is 1. The predicted molar refractivity (Wildman–Crippen MR) is 113 cm³/mol. The van der Waals surface area contributed by atoms with Gasteiger partial charge in [-0.3, -0.25) is 9.48 Å². The predicted octanol–water partition coefficient (Wildman–Crippen LogP) is 2.50. The molecule has 1 N–H and O–H groups in total. The van der Waals surface area contributed by atoms with Crippen molar-refractivity contribution >= 4 is 5.91 Å². The van der Waals surface area contributed by atoms with E-state index in [2.05, 4.69) is 43.1 Å². The Morgan fingerprint density at radius 3 is 2.79 bits per heavy atom. The summed E-state index contributed by atoms with van der Waals surface area (Å²) in [5, 5.41) is 8.39. The van der Waals surface area contributed by atoms with Crippen LogP contribution in [0.25, 0.3) is 0 Å². The summed E-state index contributed by atoms with van der Waals surface area (Å²) in [6.07, 6.45) is 4.66. The Kier molecular flexibility index (Phi) is 6.11. The number of hydrogen-bond acceptors (Lipinski definition) is 4. The van der Waals surface area contributed by atoms with Crippen LogP contribution < -0.4 is 5.32 Å². The van der Waals surface area contributed by atoms with E-state index >= 15 is 0 Å². The van der Waals surface area contributed by atoms with Gasteiger partial charge in [-0.1, -0.05) is 35.9 Å². The minimum atomic E-state index is 0.0338. The maximum Gasteiger partial charge on any atom is 0.274 e. The van der Waals surface area contributed by atoms with Crippen LogP contribution in [0.1, 0.15) is 39.3 Å². The van der Waals surface area contributed by atoms with Crippen molar-refractivity contribution in [3.8, 4) is 0 Å². The molecule has 1 aromatic carbocycles. The van der Waals surface area contributed by atoms with Crippen LogP contribution in [0, 0.1) is 6.92 Å². The molecule has 2 aliphatic rings. The van der Waals surface area contributed by atoms with Crippen LogP contribution in [-0.4, -0.2) is 52.9 Å². The van der Waals surface area contributed by atoms with Crippen LogP contribution in [0.3, 0.4) is 0 Å². The first kappa shape index (κ1) is 19.9. The number of allylic oxidation sites excluding steroid dienone is 1. The number of aromatic nitrogens is 2. The highest BCUT2D eigenvalue weighted by Crippen LogP contribution is 2.26. The molecule has 1 atom stereocenters. The molecule has 2 aromatic rings. The molecular weight excluding hydrogens is 364 g/mol. The number of morpholine rings is 1. The molecule has 0 radical (unpaired) electrons. The number of rotatable bonds is 6. The molecule has 29 heavy (non-hydrogen) atoms. The number of carbonyl (C=O) groups is 1. The molecule has 0 saturated carbocycles. The Bertz CT molecular complexity index is 866. The molecule has 1 amide bonds. The first-order chi connectivity index (χ1) is 14.2. The molecule has 0 bridgehead atoms. The smallest absolute Gasteiger partial charge is 0.274 e. The summed E-state index contributed by atoms with van der Waals surface area (Å²) in [6.45, 7) is 9.90. The highest BCUT2D eigenvalue weighted by molar-refractivity contribution is 5.94. The van der Waals surface area contributed by atoms with Gasteiger partial charge in [0.1, 0.15) is 0 Å². The van der Waals surface area contributed by atoms with Crippen LogP contribution in [0.15, 0.2) is 36.9 Å². The number of benzene rings is 1. The lowest BCUT2D eigenvalue weighted by molar-refractivity contribution is 0.0297. The molecule has 1 aliphatic carbocycles. The van der Waals surface area contributed by atoms with Gasteiger partial charge in [-0.05, 0) is 31.7 Å². The van der Waals surface area contributed by atoms with Crippen molar-refractivity contribution in [1.29, 1.82) is 0 Å². The number of aryl methyl sites for hydroxylation is 1. The van der Waals surface area contributed by atoms with Gasteiger partial charge in [0.25, 0.3) is 5.91 Å². The maximum absolute atomic E-state index is 13.2. The molecule has 1 fully saturated rings. The van der Waals surface area contributed by atoms with Crippen molar-refractivity contribution in [3.63, 3.8) is 0 Å². The molecule has 6 heteroatoms. The first-order valence-electron chi connectivity index (χ1n) is 10.5. The summed E-state index contributed by atoms with van der Waals surface area (Å²) in [5.74, 6) is 0.0338. The van der Waals surface area contributed by atoms with Gasteiger partial charge in [-0.25, -0.2) is 0 Å². The van der Waals surface area contributed by atoms with E-state index in [9.17, 15) is 4.79 Å². The molecule has 0 unspecified atom stereocenters. The number of fused-ring (bicyclic) bond motifs is 1. The summed E-state index contributed by atoms with van der Waals surface area (Å²) >= 11 is 0. The highest BCUT2D eigenvalue weighted by Gasteiger charge is 2.31. The number of amides is 1. The van der Waals surface area contributed by atoms with Crippen LogP contribution >= 0.6 is 0 Å². The van der Waals surface area contributed by atoms with Crippen molar-refractivity contribution in [2.75, 3.05) is 26.3 Å². The van der Waals surface area contributed by atoms with Gasteiger partial charge in [0.15, 0.2) is 5.69 Å². The van der Waals surface area contributed by atoms with Gasteiger partial charge in [0.2, 0.25) is 0 Å². The van der Waals surface area contributed by atoms with Crippen LogP contribution in [0.5, 0.6) is 0 Å².